The van der Waals surface area contributed by atoms with E-state index in [-0.39, 0.29) is 4.90 Å². The Morgan fingerprint density at radius 2 is 1.45 bits per heavy atom. The molecule has 0 unspecified atom stereocenters. The molecule has 0 amide bonds. The Morgan fingerprint density at radius 3 is 1.80 bits per heavy atom. The van der Waals surface area contributed by atoms with Crippen LogP contribution in [-0.2, 0) is 10.0 Å². The summed E-state index contributed by atoms with van der Waals surface area (Å²) < 4.78 is 62.3. The zero-order chi connectivity index (χ0) is 15.9. The van der Waals surface area contributed by atoms with Gasteiger partial charge in [-0.1, -0.05) is 6.07 Å². The Labute approximate surface area is 117 Å². The minimum atomic E-state index is -4.57. The summed E-state index contributed by atoms with van der Waals surface area (Å²) in [7, 11) is -3.22. The second kappa shape index (κ2) is 5.37. The van der Waals surface area contributed by atoms with E-state index in [2.05, 4.69) is 0 Å². The van der Waals surface area contributed by atoms with Crippen molar-refractivity contribution in [3.8, 4) is 0 Å². The van der Waals surface area contributed by atoms with E-state index >= 15 is 0 Å². The fourth-order valence-corrected chi connectivity index (χ4v) is 3.78. The lowest BCUT2D eigenvalue weighted by Gasteiger charge is -2.22. The van der Waals surface area contributed by atoms with Gasteiger partial charge in [0.05, 0.1) is 4.90 Å². The number of hydrogen-bond donors (Lipinski definition) is 0. The van der Waals surface area contributed by atoms with Crippen molar-refractivity contribution in [3.05, 3.63) is 28.3 Å². The summed E-state index contributed by atoms with van der Waals surface area (Å²) in [6.45, 7) is 5.20. The number of nitrogens with zero attached hydrogens (tertiary/aromatic N) is 1. The summed E-state index contributed by atoms with van der Waals surface area (Å²) in [4.78, 5) is -0.0262. The molecule has 0 radical (unpaired) electrons. The third kappa shape index (κ3) is 3.32. The second-order valence-electron chi connectivity index (χ2n) is 4.97. The topological polar surface area (TPSA) is 37.4 Å². The van der Waals surface area contributed by atoms with Crippen LogP contribution in [0.1, 0.15) is 22.3 Å². The first-order chi connectivity index (χ1) is 8.88. The molecule has 3 nitrogen and oxygen atoms in total. The maximum absolute atomic E-state index is 12.4. The van der Waals surface area contributed by atoms with Gasteiger partial charge in [-0.15, -0.1) is 0 Å². The zero-order valence-corrected chi connectivity index (χ0v) is 12.9. The van der Waals surface area contributed by atoms with Gasteiger partial charge in [-0.25, -0.2) is 8.42 Å². The quantitative estimate of drug-likeness (QED) is 0.860. The van der Waals surface area contributed by atoms with Crippen molar-refractivity contribution in [2.45, 2.75) is 38.8 Å². The number of hydrogen-bond acceptors (Lipinski definition) is 2. The molecule has 0 N–H and O–H groups in total. The molecule has 0 aliphatic rings. The first kappa shape index (κ1) is 17.0. The molecule has 114 valence electrons. The van der Waals surface area contributed by atoms with Crippen molar-refractivity contribution in [3.63, 3.8) is 0 Å². The lowest BCUT2D eigenvalue weighted by Crippen LogP contribution is -2.36. The van der Waals surface area contributed by atoms with Gasteiger partial charge in [-0.3, -0.25) is 0 Å². The molecule has 0 aromatic heterocycles. The summed E-state index contributed by atoms with van der Waals surface area (Å²) >= 11 is 0. The minimum Gasteiger partial charge on any atom is -0.207 e. The molecule has 0 bridgehead atoms. The van der Waals surface area contributed by atoms with Crippen molar-refractivity contribution in [2.24, 2.45) is 0 Å². The van der Waals surface area contributed by atoms with Crippen LogP contribution in [0.2, 0.25) is 0 Å². The van der Waals surface area contributed by atoms with E-state index in [4.69, 9.17) is 0 Å². The lowest BCUT2D eigenvalue weighted by atomic mass is 10.0. The smallest absolute Gasteiger partial charge is 0.207 e. The normalized spacial score (nSPS) is 13.1. The summed E-state index contributed by atoms with van der Waals surface area (Å²) in [5.74, 6) is 0. The van der Waals surface area contributed by atoms with Gasteiger partial charge < -0.3 is 0 Å². The molecule has 0 aliphatic heterocycles. The molecule has 0 heterocycles. The standard InChI is InChI=1S/C13H18F3NO2S/c1-8-6-9(2)11(4)12(10(8)3)20(18,19)17(5)7-13(14,15)16/h6H,7H2,1-5H3. The van der Waals surface area contributed by atoms with E-state index in [1.54, 1.807) is 27.7 Å². The Morgan fingerprint density at radius 1 is 1.05 bits per heavy atom. The van der Waals surface area contributed by atoms with Crippen LogP contribution in [0.3, 0.4) is 0 Å². The highest BCUT2D eigenvalue weighted by molar-refractivity contribution is 7.89. The predicted molar refractivity (Wildman–Crippen MR) is 71.3 cm³/mol. The molecular formula is C13H18F3NO2S. The fourth-order valence-electron chi connectivity index (χ4n) is 2.06. The summed E-state index contributed by atoms with van der Waals surface area (Å²) in [5, 5.41) is 0. The first-order valence-corrected chi connectivity index (χ1v) is 7.42. The Hall–Kier alpha value is -1.08. The molecule has 0 fully saturated rings. The van der Waals surface area contributed by atoms with E-state index < -0.39 is 22.7 Å². The maximum Gasteiger partial charge on any atom is 0.402 e. The van der Waals surface area contributed by atoms with Crippen LogP contribution in [0.15, 0.2) is 11.0 Å². The number of rotatable bonds is 3. The van der Waals surface area contributed by atoms with Crippen LogP contribution in [0.4, 0.5) is 13.2 Å². The molecular weight excluding hydrogens is 291 g/mol. The van der Waals surface area contributed by atoms with Crippen molar-refractivity contribution >= 4 is 10.0 Å². The summed E-state index contributed by atoms with van der Waals surface area (Å²) in [5.41, 5.74) is 2.46. The van der Waals surface area contributed by atoms with Crippen LogP contribution in [0.5, 0.6) is 0 Å². The van der Waals surface area contributed by atoms with Crippen LogP contribution in [0.25, 0.3) is 0 Å². The molecule has 1 aromatic carbocycles. The third-order valence-electron chi connectivity index (χ3n) is 3.37. The van der Waals surface area contributed by atoms with Crippen molar-refractivity contribution in [1.29, 1.82) is 0 Å². The number of sulfonamides is 1. The van der Waals surface area contributed by atoms with Gasteiger partial charge in [-0.2, -0.15) is 17.5 Å². The van der Waals surface area contributed by atoms with Crippen LogP contribution >= 0.6 is 0 Å². The average molecular weight is 309 g/mol. The monoisotopic (exact) mass is 309 g/mol. The summed E-state index contributed by atoms with van der Waals surface area (Å²) in [6.07, 6.45) is -4.57. The zero-order valence-electron chi connectivity index (χ0n) is 12.1. The summed E-state index contributed by atoms with van der Waals surface area (Å²) in [6, 6.07) is 1.83. The van der Waals surface area contributed by atoms with Crippen LogP contribution < -0.4 is 0 Å². The fraction of sp³-hybridized carbons (Fsp3) is 0.538. The minimum absolute atomic E-state index is 0.0262. The van der Waals surface area contributed by atoms with Gasteiger partial charge >= 0.3 is 6.18 Å². The van der Waals surface area contributed by atoms with Crippen LogP contribution in [-0.4, -0.2) is 32.5 Å². The molecule has 7 heteroatoms. The Bertz CT molecular complexity index is 595. The van der Waals surface area contributed by atoms with Crippen LogP contribution in [0, 0.1) is 27.7 Å². The molecule has 0 aliphatic carbocycles. The number of benzene rings is 1. The van der Waals surface area contributed by atoms with Gasteiger partial charge in [-0.05, 0) is 49.9 Å². The van der Waals surface area contributed by atoms with Gasteiger partial charge in [0.1, 0.15) is 6.54 Å². The average Bonchev–Trinajstić information content (AvgIpc) is 2.24. The van der Waals surface area contributed by atoms with Crippen molar-refractivity contribution < 1.29 is 21.6 Å². The molecule has 0 saturated carbocycles. The Balaban J connectivity index is 3.44. The maximum atomic E-state index is 12.4. The highest BCUT2D eigenvalue weighted by Crippen LogP contribution is 2.29. The number of aryl methyl sites for hydroxylation is 2. The highest BCUT2D eigenvalue weighted by Gasteiger charge is 2.36. The molecule has 1 aromatic rings. The Kier molecular flexibility index (Phi) is 4.55. The van der Waals surface area contributed by atoms with E-state index in [1.807, 2.05) is 6.07 Å². The van der Waals surface area contributed by atoms with E-state index in [0.717, 1.165) is 18.2 Å². The van der Waals surface area contributed by atoms with Gasteiger partial charge in [0, 0.05) is 7.05 Å². The highest BCUT2D eigenvalue weighted by atomic mass is 32.2. The molecule has 20 heavy (non-hydrogen) atoms. The van der Waals surface area contributed by atoms with Gasteiger partial charge in [0.25, 0.3) is 0 Å². The van der Waals surface area contributed by atoms with Gasteiger partial charge in [0.2, 0.25) is 10.0 Å². The van der Waals surface area contributed by atoms with E-state index in [9.17, 15) is 21.6 Å². The van der Waals surface area contributed by atoms with E-state index in [1.165, 1.54) is 0 Å². The second-order valence-corrected chi connectivity index (χ2v) is 6.95. The number of halogens is 3. The third-order valence-corrected chi connectivity index (χ3v) is 5.45. The van der Waals surface area contributed by atoms with Crippen molar-refractivity contribution in [2.75, 3.05) is 13.6 Å². The molecule has 1 rings (SSSR count). The first-order valence-electron chi connectivity index (χ1n) is 5.98. The molecule has 0 atom stereocenters. The van der Waals surface area contributed by atoms with Crippen molar-refractivity contribution in [1.82, 2.24) is 4.31 Å². The molecule has 0 spiro atoms. The molecule has 0 saturated heterocycles. The number of alkyl halides is 3. The van der Waals surface area contributed by atoms with E-state index in [0.29, 0.717) is 15.4 Å². The largest absolute Gasteiger partial charge is 0.402 e. The SMILES string of the molecule is Cc1cc(C)c(C)c(S(=O)(=O)N(C)CC(F)(F)F)c1C. The van der Waals surface area contributed by atoms with Gasteiger partial charge in [0.15, 0.2) is 0 Å². The lowest BCUT2D eigenvalue weighted by molar-refractivity contribution is -0.134. The predicted octanol–water partition coefficient (Wildman–Crippen LogP) is 3.10.